The Kier molecular flexibility index (Phi) is 2.81. The molecule has 17 heavy (non-hydrogen) atoms. The molecule has 2 heterocycles. The van der Waals surface area contributed by atoms with Crippen LogP contribution in [-0.4, -0.2) is 26.7 Å². The van der Waals surface area contributed by atoms with Gasteiger partial charge in [-0.3, -0.25) is 0 Å². The predicted octanol–water partition coefficient (Wildman–Crippen LogP) is 1.42. The van der Waals surface area contributed by atoms with Crippen LogP contribution in [0.1, 0.15) is 24.0 Å². The molecule has 0 aromatic heterocycles. The van der Waals surface area contributed by atoms with Crippen molar-refractivity contribution in [3.05, 3.63) is 29.3 Å². The van der Waals surface area contributed by atoms with Gasteiger partial charge in [0.25, 0.3) is 0 Å². The smallest absolute Gasteiger partial charge is 0.119 e. The number of rotatable bonds is 1. The van der Waals surface area contributed by atoms with Crippen molar-refractivity contribution in [1.29, 1.82) is 0 Å². The van der Waals surface area contributed by atoms with Gasteiger partial charge in [-0.25, -0.2) is 0 Å². The number of hydrogen-bond donors (Lipinski definition) is 2. The molecule has 1 fully saturated rings. The van der Waals surface area contributed by atoms with E-state index in [0.717, 1.165) is 31.8 Å². The van der Waals surface area contributed by atoms with Crippen LogP contribution in [-0.2, 0) is 12.0 Å². The van der Waals surface area contributed by atoms with Crippen LogP contribution in [0.4, 0.5) is 0 Å². The summed E-state index contributed by atoms with van der Waals surface area (Å²) in [5.74, 6) is 0.981. The van der Waals surface area contributed by atoms with Crippen molar-refractivity contribution >= 4 is 0 Å². The largest absolute Gasteiger partial charge is 0.497 e. The highest BCUT2D eigenvalue weighted by Gasteiger charge is 2.37. The number of methoxy groups -OCH3 is 1. The predicted molar refractivity (Wildman–Crippen MR) is 68.5 cm³/mol. The Morgan fingerprint density at radius 3 is 2.76 bits per heavy atom. The van der Waals surface area contributed by atoms with Crippen LogP contribution < -0.4 is 15.4 Å². The molecular formula is C14H20N2O. The molecule has 1 aromatic rings. The molecule has 3 rings (SSSR count). The van der Waals surface area contributed by atoms with E-state index in [1.165, 1.54) is 24.0 Å². The van der Waals surface area contributed by atoms with Crippen LogP contribution in [0.25, 0.3) is 0 Å². The third-order valence-corrected chi connectivity index (χ3v) is 4.14. The average Bonchev–Trinajstić information content (AvgIpc) is 2.39. The van der Waals surface area contributed by atoms with Crippen molar-refractivity contribution in [1.82, 2.24) is 10.6 Å². The van der Waals surface area contributed by atoms with E-state index in [0.29, 0.717) is 0 Å². The fourth-order valence-corrected chi connectivity index (χ4v) is 3.20. The van der Waals surface area contributed by atoms with Gasteiger partial charge in [-0.15, -0.1) is 0 Å². The lowest BCUT2D eigenvalue weighted by Crippen LogP contribution is -2.53. The molecule has 2 aliphatic rings. The SMILES string of the molecule is COc1ccc2c(c1)CCNC21CCNCC1. The van der Waals surface area contributed by atoms with Gasteiger partial charge in [0.2, 0.25) is 0 Å². The topological polar surface area (TPSA) is 33.3 Å². The Morgan fingerprint density at radius 1 is 1.18 bits per heavy atom. The second-order valence-electron chi connectivity index (χ2n) is 5.03. The molecule has 0 saturated carbocycles. The molecule has 0 bridgehead atoms. The van der Waals surface area contributed by atoms with E-state index in [-0.39, 0.29) is 5.54 Å². The highest BCUT2D eigenvalue weighted by molar-refractivity contribution is 5.42. The maximum atomic E-state index is 5.32. The molecule has 1 aromatic carbocycles. The summed E-state index contributed by atoms with van der Waals surface area (Å²) in [6.07, 6.45) is 3.49. The van der Waals surface area contributed by atoms with Gasteiger partial charge in [-0.2, -0.15) is 0 Å². The first kappa shape index (κ1) is 11.1. The molecule has 3 heteroatoms. The molecule has 3 nitrogen and oxygen atoms in total. The summed E-state index contributed by atoms with van der Waals surface area (Å²) < 4.78 is 5.32. The van der Waals surface area contributed by atoms with E-state index < -0.39 is 0 Å². The van der Waals surface area contributed by atoms with Crippen LogP contribution in [0.2, 0.25) is 0 Å². The van der Waals surface area contributed by atoms with Crippen molar-refractivity contribution in [2.45, 2.75) is 24.8 Å². The maximum Gasteiger partial charge on any atom is 0.119 e. The summed E-state index contributed by atoms with van der Waals surface area (Å²) in [7, 11) is 1.74. The molecule has 2 N–H and O–H groups in total. The summed E-state index contributed by atoms with van der Waals surface area (Å²) in [5, 5.41) is 7.19. The second-order valence-corrected chi connectivity index (χ2v) is 5.03. The van der Waals surface area contributed by atoms with E-state index in [1.54, 1.807) is 7.11 Å². The minimum Gasteiger partial charge on any atom is -0.497 e. The lowest BCUT2D eigenvalue weighted by molar-refractivity contribution is 0.234. The zero-order chi connectivity index (χ0) is 11.7. The Balaban J connectivity index is 2.01. The first-order valence-electron chi connectivity index (χ1n) is 6.47. The molecule has 0 radical (unpaired) electrons. The number of benzene rings is 1. The molecule has 92 valence electrons. The van der Waals surface area contributed by atoms with Crippen molar-refractivity contribution in [2.24, 2.45) is 0 Å². The molecule has 1 saturated heterocycles. The van der Waals surface area contributed by atoms with E-state index >= 15 is 0 Å². The van der Waals surface area contributed by atoms with Gasteiger partial charge in [-0.1, -0.05) is 6.07 Å². The number of piperidine rings is 1. The third-order valence-electron chi connectivity index (χ3n) is 4.14. The minimum absolute atomic E-state index is 0.213. The van der Waals surface area contributed by atoms with Crippen molar-refractivity contribution in [3.8, 4) is 5.75 Å². The first-order valence-corrected chi connectivity index (χ1v) is 6.47. The fraction of sp³-hybridized carbons (Fsp3) is 0.571. The quantitative estimate of drug-likeness (QED) is 0.768. The Hall–Kier alpha value is -1.06. The first-order chi connectivity index (χ1) is 8.34. The molecule has 2 aliphatic heterocycles. The van der Waals surface area contributed by atoms with E-state index in [2.05, 4.69) is 28.8 Å². The number of ether oxygens (including phenoxy) is 1. The maximum absolute atomic E-state index is 5.32. The highest BCUT2D eigenvalue weighted by atomic mass is 16.5. The standard InChI is InChI=1S/C14H20N2O/c1-17-12-2-3-13-11(10-12)4-7-16-14(13)5-8-15-9-6-14/h2-3,10,15-16H,4-9H2,1H3. The number of fused-ring (bicyclic) bond motifs is 2. The van der Waals surface area contributed by atoms with Gasteiger partial charge in [0, 0.05) is 12.1 Å². The van der Waals surface area contributed by atoms with Crippen molar-refractivity contribution in [3.63, 3.8) is 0 Å². The Bertz CT molecular complexity index is 411. The zero-order valence-corrected chi connectivity index (χ0v) is 10.4. The third kappa shape index (κ3) is 1.83. The van der Waals surface area contributed by atoms with Crippen molar-refractivity contribution < 1.29 is 4.74 Å². The summed E-state index contributed by atoms with van der Waals surface area (Å²) in [5.41, 5.74) is 3.17. The average molecular weight is 232 g/mol. The van der Waals surface area contributed by atoms with Crippen LogP contribution in [0.5, 0.6) is 5.75 Å². The van der Waals surface area contributed by atoms with Crippen LogP contribution in [0, 0.1) is 0 Å². The van der Waals surface area contributed by atoms with E-state index in [1.807, 2.05) is 0 Å². The van der Waals surface area contributed by atoms with Crippen LogP contribution in [0.15, 0.2) is 18.2 Å². The van der Waals surface area contributed by atoms with Gasteiger partial charge >= 0.3 is 0 Å². The monoisotopic (exact) mass is 232 g/mol. The molecule has 0 atom stereocenters. The summed E-state index contributed by atoms with van der Waals surface area (Å²) in [6, 6.07) is 6.56. The summed E-state index contributed by atoms with van der Waals surface area (Å²) in [6.45, 7) is 3.30. The van der Waals surface area contributed by atoms with Gasteiger partial charge in [-0.05, 0) is 55.6 Å². The molecule has 0 aliphatic carbocycles. The summed E-state index contributed by atoms with van der Waals surface area (Å²) >= 11 is 0. The van der Waals surface area contributed by atoms with Crippen LogP contribution in [0.3, 0.4) is 0 Å². The second kappa shape index (κ2) is 4.31. The summed E-state index contributed by atoms with van der Waals surface area (Å²) in [4.78, 5) is 0. The molecular weight excluding hydrogens is 212 g/mol. The number of nitrogens with one attached hydrogen (secondary N) is 2. The lowest BCUT2D eigenvalue weighted by atomic mass is 9.76. The fourth-order valence-electron chi connectivity index (χ4n) is 3.20. The Labute approximate surface area is 103 Å². The van der Waals surface area contributed by atoms with Gasteiger partial charge in [0.1, 0.15) is 5.75 Å². The molecule has 0 unspecified atom stereocenters. The minimum atomic E-state index is 0.213. The lowest BCUT2D eigenvalue weighted by Gasteiger charge is -2.43. The van der Waals surface area contributed by atoms with E-state index in [9.17, 15) is 0 Å². The normalized spacial score (nSPS) is 22.2. The van der Waals surface area contributed by atoms with Gasteiger partial charge in [0.05, 0.1) is 7.11 Å². The van der Waals surface area contributed by atoms with Gasteiger partial charge in [0.15, 0.2) is 0 Å². The van der Waals surface area contributed by atoms with Crippen LogP contribution >= 0.6 is 0 Å². The number of hydrogen-bond acceptors (Lipinski definition) is 3. The Morgan fingerprint density at radius 2 is 2.00 bits per heavy atom. The molecule has 1 spiro atoms. The van der Waals surface area contributed by atoms with E-state index in [4.69, 9.17) is 4.74 Å². The van der Waals surface area contributed by atoms with Crippen molar-refractivity contribution in [2.75, 3.05) is 26.7 Å². The molecule has 0 amide bonds. The van der Waals surface area contributed by atoms with Gasteiger partial charge < -0.3 is 15.4 Å². The zero-order valence-electron chi connectivity index (χ0n) is 10.4. The highest BCUT2D eigenvalue weighted by Crippen LogP contribution is 2.37.